The molecule has 7 heteroatoms. The number of phenolic OH excluding ortho intramolecular Hbond substituents is 1. The fourth-order valence-electron chi connectivity index (χ4n) is 4.21. The van der Waals surface area contributed by atoms with Crippen molar-refractivity contribution in [1.82, 2.24) is 10.3 Å². The van der Waals surface area contributed by atoms with Crippen LogP contribution in [0.15, 0.2) is 97.1 Å². The number of hydrogen-bond acceptors (Lipinski definition) is 5. The molecule has 0 aliphatic heterocycles. The van der Waals surface area contributed by atoms with Gasteiger partial charge in [0.25, 0.3) is 0 Å². The molecule has 1 unspecified atom stereocenters. The minimum absolute atomic E-state index is 0.106. The van der Waals surface area contributed by atoms with Crippen LogP contribution in [0.4, 0.5) is 0 Å². The largest absolute Gasteiger partial charge is 0.508 e. The van der Waals surface area contributed by atoms with Crippen molar-refractivity contribution in [2.24, 2.45) is 0 Å². The molecule has 1 aromatic heterocycles. The number of nitrogens with one attached hydrogen (secondary N) is 1. The summed E-state index contributed by atoms with van der Waals surface area (Å²) < 4.78 is 6.00. The Kier molecular flexibility index (Phi) is 9.67. The standard InChI is InChI=1S/C32H32N2O5/c35-27-17-15-23(16-18-27)20-29(32(37)38)33-30(36)14-8-3-9-19-39-31-22-26(24-10-4-1-5-11-24)21-28(34-31)25-12-6-2-7-13-25/h1-2,4-7,10-13,15-18,21-22,29,35H,3,8-9,14,19-20H2,(H,33,36)(H,37,38). The summed E-state index contributed by atoms with van der Waals surface area (Å²) >= 11 is 0. The molecular weight excluding hydrogens is 492 g/mol. The van der Waals surface area contributed by atoms with Gasteiger partial charge in [0.15, 0.2) is 0 Å². The van der Waals surface area contributed by atoms with Gasteiger partial charge in [0, 0.05) is 24.5 Å². The summed E-state index contributed by atoms with van der Waals surface area (Å²) in [5, 5.41) is 21.5. The smallest absolute Gasteiger partial charge is 0.326 e. The fraction of sp³-hybridized carbons (Fsp3) is 0.219. The zero-order chi connectivity index (χ0) is 27.5. The number of aromatic nitrogens is 1. The minimum Gasteiger partial charge on any atom is -0.508 e. The lowest BCUT2D eigenvalue weighted by atomic mass is 10.0. The normalized spacial score (nSPS) is 11.5. The van der Waals surface area contributed by atoms with E-state index in [0.717, 1.165) is 40.8 Å². The van der Waals surface area contributed by atoms with Gasteiger partial charge in [-0.2, -0.15) is 0 Å². The highest BCUT2D eigenvalue weighted by atomic mass is 16.5. The Morgan fingerprint density at radius 3 is 2.13 bits per heavy atom. The van der Waals surface area contributed by atoms with Crippen LogP contribution in [-0.4, -0.2) is 39.7 Å². The Morgan fingerprint density at radius 1 is 0.795 bits per heavy atom. The molecule has 1 atom stereocenters. The third-order valence-corrected chi connectivity index (χ3v) is 6.29. The van der Waals surface area contributed by atoms with Crippen LogP contribution in [0.5, 0.6) is 11.6 Å². The molecule has 7 nitrogen and oxygen atoms in total. The summed E-state index contributed by atoms with van der Waals surface area (Å²) in [5.74, 6) is -0.738. The Hall–Kier alpha value is -4.65. The lowest BCUT2D eigenvalue weighted by Gasteiger charge is -2.15. The Labute approximate surface area is 228 Å². The molecule has 0 aliphatic rings. The van der Waals surface area contributed by atoms with E-state index < -0.39 is 12.0 Å². The molecule has 0 bridgehead atoms. The maximum Gasteiger partial charge on any atom is 0.326 e. The maximum atomic E-state index is 12.3. The second-order valence-electron chi connectivity index (χ2n) is 9.30. The molecule has 0 spiro atoms. The number of nitrogens with zero attached hydrogens (tertiary/aromatic N) is 1. The number of hydrogen-bond donors (Lipinski definition) is 3. The van der Waals surface area contributed by atoms with E-state index >= 15 is 0 Å². The number of rotatable bonds is 13. The van der Waals surface area contributed by atoms with Crippen molar-refractivity contribution in [3.8, 4) is 34.0 Å². The van der Waals surface area contributed by atoms with Gasteiger partial charge < -0.3 is 20.3 Å². The second kappa shape index (κ2) is 13.8. The number of pyridine rings is 1. The summed E-state index contributed by atoms with van der Waals surface area (Å²) in [5.41, 5.74) is 4.67. The van der Waals surface area contributed by atoms with Gasteiger partial charge in [-0.15, -0.1) is 0 Å². The third-order valence-electron chi connectivity index (χ3n) is 6.29. The SMILES string of the molecule is O=C(CCCCCOc1cc(-c2ccccc2)cc(-c2ccccc2)n1)NC(Cc1ccc(O)cc1)C(=O)O. The number of unbranched alkanes of at least 4 members (excludes halogenated alkanes) is 2. The van der Waals surface area contributed by atoms with Crippen LogP contribution in [-0.2, 0) is 16.0 Å². The van der Waals surface area contributed by atoms with Crippen molar-refractivity contribution in [3.63, 3.8) is 0 Å². The lowest BCUT2D eigenvalue weighted by Crippen LogP contribution is -2.42. The summed E-state index contributed by atoms with van der Waals surface area (Å²) in [4.78, 5) is 28.7. The highest BCUT2D eigenvalue weighted by molar-refractivity contribution is 5.83. The van der Waals surface area contributed by atoms with Crippen LogP contribution < -0.4 is 10.1 Å². The molecule has 0 saturated carbocycles. The zero-order valence-electron chi connectivity index (χ0n) is 21.6. The fourth-order valence-corrected chi connectivity index (χ4v) is 4.21. The van der Waals surface area contributed by atoms with Crippen molar-refractivity contribution in [2.75, 3.05) is 6.61 Å². The molecule has 0 fully saturated rings. The number of carbonyl (C=O) groups excluding carboxylic acids is 1. The highest BCUT2D eigenvalue weighted by Gasteiger charge is 2.20. The van der Waals surface area contributed by atoms with Crippen LogP contribution in [0.25, 0.3) is 22.4 Å². The summed E-state index contributed by atoms with van der Waals surface area (Å²) in [6.45, 7) is 0.458. The quantitative estimate of drug-likeness (QED) is 0.189. The molecule has 0 radical (unpaired) electrons. The number of carboxylic acids is 1. The number of benzene rings is 3. The molecule has 4 rings (SSSR count). The number of phenols is 1. The van der Waals surface area contributed by atoms with Crippen molar-refractivity contribution < 1.29 is 24.5 Å². The molecule has 0 saturated heterocycles. The number of ether oxygens (including phenoxy) is 1. The van der Waals surface area contributed by atoms with Crippen molar-refractivity contribution in [3.05, 3.63) is 103 Å². The highest BCUT2D eigenvalue weighted by Crippen LogP contribution is 2.28. The number of carboxylic acid groups (broad SMARTS) is 1. The Bertz CT molecular complexity index is 1300. The van der Waals surface area contributed by atoms with Gasteiger partial charge >= 0.3 is 5.97 Å². The topological polar surface area (TPSA) is 109 Å². The Balaban J connectivity index is 1.26. The van der Waals surface area contributed by atoms with Gasteiger partial charge in [-0.25, -0.2) is 9.78 Å². The zero-order valence-corrected chi connectivity index (χ0v) is 21.6. The van der Waals surface area contributed by atoms with Crippen LogP contribution in [0.2, 0.25) is 0 Å². The van der Waals surface area contributed by atoms with Crippen molar-refractivity contribution in [2.45, 2.75) is 38.1 Å². The minimum atomic E-state index is -1.09. The van der Waals surface area contributed by atoms with Crippen LogP contribution in [0.3, 0.4) is 0 Å². The maximum absolute atomic E-state index is 12.3. The molecule has 39 heavy (non-hydrogen) atoms. The van der Waals surface area contributed by atoms with E-state index in [1.165, 1.54) is 12.1 Å². The van der Waals surface area contributed by atoms with Gasteiger partial charge in [-0.1, -0.05) is 72.8 Å². The predicted molar refractivity (Wildman–Crippen MR) is 150 cm³/mol. The summed E-state index contributed by atoms with van der Waals surface area (Å²) in [6, 6.07) is 29.3. The number of aromatic hydroxyl groups is 1. The first kappa shape index (κ1) is 27.4. The second-order valence-corrected chi connectivity index (χ2v) is 9.30. The predicted octanol–water partition coefficient (Wildman–Crippen LogP) is 5.87. The third kappa shape index (κ3) is 8.43. The van der Waals surface area contributed by atoms with Crippen LogP contribution in [0.1, 0.15) is 31.2 Å². The van der Waals surface area contributed by atoms with Gasteiger partial charge in [-0.05, 0) is 54.2 Å². The summed E-state index contributed by atoms with van der Waals surface area (Å²) in [7, 11) is 0. The van der Waals surface area contributed by atoms with Gasteiger partial charge in [0.05, 0.1) is 12.3 Å². The van der Waals surface area contributed by atoms with E-state index in [-0.39, 0.29) is 24.5 Å². The average Bonchev–Trinajstić information content (AvgIpc) is 2.96. The Morgan fingerprint density at radius 2 is 1.46 bits per heavy atom. The molecule has 4 aromatic rings. The molecule has 3 aromatic carbocycles. The summed E-state index contributed by atoms with van der Waals surface area (Å²) in [6.07, 6.45) is 2.50. The van der Waals surface area contributed by atoms with E-state index in [4.69, 9.17) is 9.72 Å². The molecule has 0 aliphatic carbocycles. The van der Waals surface area contributed by atoms with Gasteiger partial charge in [-0.3, -0.25) is 4.79 Å². The van der Waals surface area contributed by atoms with E-state index in [2.05, 4.69) is 23.5 Å². The molecule has 200 valence electrons. The van der Waals surface area contributed by atoms with E-state index in [9.17, 15) is 19.8 Å². The van der Waals surface area contributed by atoms with Crippen molar-refractivity contribution >= 4 is 11.9 Å². The first-order chi connectivity index (χ1) is 19.0. The van der Waals surface area contributed by atoms with Crippen LogP contribution in [0, 0.1) is 0 Å². The van der Waals surface area contributed by atoms with Gasteiger partial charge in [0.2, 0.25) is 11.8 Å². The van der Waals surface area contributed by atoms with Gasteiger partial charge in [0.1, 0.15) is 11.8 Å². The van der Waals surface area contributed by atoms with E-state index in [1.807, 2.05) is 54.6 Å². The van der Waals surface area contributed by atoms with E-state index in [0.29, 0.717) is 18.9 Å². The average molecular weight is 525 g/mol. The first-order valence-electron chi connectivity index (χ1n) is 13.0. The number of amides is 1. The van der Waals surface area contributed by atoms with E-state index in [1.54, 1.807) is 12.1 Å². The number of aliphatic carboxylic acids is 1. The first-order valence-corrected chi connectivity index (χ1v) is 13.0. The molecule has 3 N–H and O–H groups in total. The monoisotopic (exact) mass is 524 g/mol. The lowest BCUT2D eigenvalue weighted by molar-refractivity contribution is -0.141. The number of carbonyl (C=O) groups is 2. The van der Waals surface area contributed by atoms with Crippen molar-refractivity contribution in [1.29, 1.82) is 0 Å². The molecular formula is C32H32N2O5. The molecule has 1 heterocycles. The van der Waals surface area contributed by atoms with Crippen LogP contribution >= 0.6 is 0 Å². The molecule has 1 amide bonds.